The van der Waals surface area contributed by atoms with Crippen LogP contribution in [0.1, 0.15) is 37.3 Å². The first kappa shape index (κ1) is 13.6. The maximum atomic E-state index is 11.4. The summed E-state index contributed by atoms with van der Waals surface area (Å²) in [7, 11) is -2.89. The van der Waals surface area contributed by atoms with Gasteiger partial charge in [-0.2, -0.15) is 0 Å². The first-order valence-corrected chi connectivity index (χ1v) is 8.33. The number of hydrogen-bond donors (Lipinski definition) is 1. The zero-order valence-corrected chi connectivity index (χ0v) is 12.0. The predicted molar refractivity (Wildman–Crippen MR) is 71.2 cm³/mol. The zero-order valence-electron chi connectivity index (χ0n) is 11.2. The van der Waals surface area contributed by atoms with Gasteiger partial charge in [0.1, 0.15) is 21.4 Å². The fourth-order valence-electron chi connectivity index (χ4n) is 2.26. The molecule has 0 aliphatic heterocycles. The van der Waals surface area contributed by atoms with E-state index in [1.165, 1.54) is 6.26 Å². The van der Waals surface area contributed by atoms with Crippen LogP contribution < -0.4 is 5.32 Å². The van der Waals surface area contributed by atoms with Crippen molar-refractivity contribution in [1.29, 1.82) is 0 Å². The Morgan fingerprint density at radius 3 is 2.56 bits per heavy atom. The molecule has 102 valence electrons. The van der Waals surface area contributed by atoms with Gasteiger partial charge < -0.3 is 9.73 Å². The molecule has 1 aromatic heterocycles. The van der Waals surface area contributed by atoms with Crippen LogP contribution in [0, 0.1) is 12.3 Å². The average molecular weight is 271 g/mol. The van der Waals surface area contributed by atoms with Crippen molar-refractivity contribution in [3.8, 4) is 0 Å². The molecule has 0 amide bonds. The molecule has 0 radical (unpaired) electrons. The molecule has 1 heterocycles. The summed E-state index contributed by atoms with van der Waals surface area (Å²) in [4.78, 5) is 0. The van der Waals surface area contributed by atoms with Crippen molar-refractivity contribution in [1.82, 2.24) is 5.32 Å². The zero-order chi connectivity index (χ0) is 13.4. The number of furan rings is 1. The first-order valence-electron chi connectivity index (χ1n) is 6.27. The summed E-state index contributed by atoms with van der Waals surface area (Å²) >= 11 is 0. The van der Waals surface area contributed by atoms with E-state index < -0.39 is 9.84 Å². The van der Waals surface area contributed by atoms with Gasteiger partial charge in [-0.15, -0.1) is 0 Å². The van der Waals surface area contributed by atoms with Gasteiger partial charge in [0.25, 0.3) is 0 Å². The molecule has 0 bridgehead atoms. The predicted octanol–water partition coefficient (Wildman–Crippen LogP) is 2.06. The molecule has 18 heavy (non-hydrogen) atoms. The summed E-state index contributed by atoms with van der Waals surface area (Å²) in [6, 6.07) is 4.02. The lowest BCUT2D eigenvalue weighted by Gasteiger charge is -2.18. The average Bonchev–Trinajstić information content (AvgIpc) is 2.84. The second-order valence-electron chi connectivity index (χ2n) is 5.62. The van der Waals surface area contributed by atoms with Crippen LogP contribution in [0.25, 0.3) is 0 Å². The van der Waals surface area contributed by atoms with Crippen LogP contribution in [0.5, 0.6) is 0 Å². The molecular weight excluding hydrogens is 250 g/mol. The van der Waals surface area contributed by atoms with Crippen molar-refractivity contribution in [3.63, 3.8) is 0 Å². The van der Waals surface area contributed by atoms with Crippen molar-refractivity contribution in [2.75, 3.05) is 18.6 Å². The molecular formula is C13H21NO3S. The van der Waals surface area contributed by atoms with Crippen molar-refractivity contribution in [3.05, 3.63) is 23.7 Å². The highest BCUT2D eigenvalue weighted by molar-refractivity contribution is 7.90. The van der Waals surface area contributed by atoms with Crippen LogP contribution in [-0.4, -0.2) is 27.0 Å². The number of aryl methyl sites for hydroxylation is 1. The van der Waals surface area contributed by atoms with Crippen molar-refractivity contribution in [2.45, 2.75) is 32.7 Å². The minimum absolute atomic E-state index is 0.0382. The lowest BCUT2D eigenvalue weighted by Crippen LogP contribution is -2.31. The van der Waals surface area contributed by atoms with Gasteiger partial charge in [-0.1, -0.05) is 0 Å². The van der Waals surface area contributed by atoms with Crippen molar-refractivity contribution < 1.29 is 12.8 Å². The summed E-state index contributed by atoms with van der Waals surface area (Å²) in [5.74, 6) is 2.09. The molecule has 0 unspecified atom stereocenters. The highest BCUT2D eigenvalue weighted by atomic mass is 32.2. The fourth-order valence-corrected chi connectivity index (χ4v) is 3.76. The number of sulfone groups is 1. The summed E-state index contributed by atoms with van der Waals surface area (Å²) in [6.07, 6.45) is 3.31. The molecule has 1 saturated carbocycles. The maximum Gasteiger partial charge on any atom is 0.148 e. The van der Waals surface area contributed by atoms with Gasteiger partial charge in [-0.05, 0) is 44.2 Å². The van der Waals surface area contributed by atoms with Gasteiger partial charge in [-0.25, -0.2) is 8.42 Å². The van der Waals surface area contributed by atoms with E-state index in [9.17, 15) is 8.42 Å². The van der Waals surface area contributed by atoms with Crippen LogP contribution in [-0.2, 0) is 9.84 Å². The monoisotopic (exact) mass is 271 g/mol. The van der Waals surface area contributed by atoms with E-state index in [0.29, 0.717) is 0 Å². The Bertz CT molecular complexity index is 514. The largest absolute Gasteiger partial charge is 0.465 e. The SMILES string of the molecule is Cc1ccc([C@@H](C)NCC2(CS(C)(=O)=O)CC2)o1. The van der Waals surface area contributed by atoms with Crippen LogP contribution in [0.15, 0.2) is 16.5 Å². The topological polar surface area (TPSA) is 59.3 Å². The number of rotatable bonds is 6. The molecule has 2 rings (SSSR count). The summed E-state index contributed by atoms with van der Waals surface area (Å²) in [5.41, 5.74) is -0.0382. The van der Waals surface area contributed by atoms with Crippen LogP contribution in [0.2, 0.25) is 0 Å². The Morgan fingerprint density at radius 2 is 2.11 bits per heavy atom. The normalized spacial score (nSPS) is 19.7. The van der Waals surface area contributed by atoms with Crippen LogP contribution >= 0.6 is 0 Å². The molecule has 0 spiro atoms. The Hall–Kier alpha value is -0.810. The highest BCUT2D eigenvalue weighted by Gasteiger charge is 2.45. The number of nitrogens with one attached hydrogen (secondary N) is 1. The van der Waals surface area contributed by atoms with Crippen LogP contribution in [0.4, 0.5) is 0 Å². The molecule has 1 aromatic rings. The highest BCUT2D eigenvalue weighted by Crippen LogP contribution is 2.46. The Morgan fingerprint density at radius 1 is 1.44 bits per heavy atom. The molecule has 1 N–H and O–H groups in total. The maximum absolute atomic E-state index is 11.4. The number of hydrogen-bond acceptors (Lipinski definition) is 4. The van der Waals surface area contributed by atoms with Gasteiger partial charge in [0, 0.05) is 12.8 Å². The molecule has 0 saturated heterocycles. The second kappa shape index (κ2) is 4.70. The second-order valence-corrected chi connectivity index (χ2v) is 7.76. The Kier molecular flexibility index (Phi) is 3.56. The van der Waals surface area contributed by atoms with E-state index in [1.807, 2.05) is 26.0 Å². The lowest BCUT2D eigenvalue weighted by atomic mass is 10.1. The molecule has 1 fully saturated rings. The van der Waals surface area contributed by atoms with Gasteiger partial charge in [0.2, 0.25) is 0 Å². The minimum atomic E-state index is -2.89. The van der Waals surface area contributed by atoms with E-state index >= 15 is 0 Å². The lowest BCUT2D eigenvalue weighted by molar-refractivity contribution is 0.388. The van der Waals surface area contributed by atoms with E-state index in [-0.39, 0.29) is 17.2 Å². The first-order chi connectivity index (χ1) is 8.30. The van der Waals surface area contributed by atoms with E-state index in [0.717, 1.165) is 30.9 Å². The van der Waals surface area contributed by atoms with E-state index in [1.54, 1.807) is 0 Å². The van der Waals surface area contributed by atoms with Gasteiger partial charge in [0.05, 0.1) is 11.8 Å². The fraction of sp³-hybridized carbons (Fsp3) is 0.692. The molecule has 0 aromatic carbocycles. The Labute approximate surface area is 109 Å². The van der Waals surface area contributed by atoms with Gasteiger partial charge in [-0.3, -0.25) is 0 Å². The van der Waals surface area contributed by atoms with Crippen LogP contribution in [0.3, 0.4) is 0 Å². The molecule has 1 atom stereocenters. The smallest absolute Gasteiger partial charge is 0.148 e. The van der Waals surface area contributed by atoms with Gasteiger partial charge in [0.15, 0.2) is 0 Å². The molecule has 1 aliphatic rings. The van der Waals surface area contributed by atoms with Gasteiger partial charge >= 0.3 is 0 Å². The molecule has 5 heteroatoms. The molecule has 4 nitrogen and oxygen atoms in total. The summed E-state index contributed by atoms with van der Waals surface area (Å²) in [6.45, 7) is 4.69. The third kappa shape index (κ3) is 3.59. The van der Waals surface area contributed by atoms with E-state index in [2.05, 4.69) is 5.32 Å². The van der Waals surface area contributed by atoms with E-state index in [4.69, 9.17) is 4.42 Å². The molecule has 1 aliphatic carbocycles. The quantitative estimate of drug-likeness (QED) is 0.860. The third-order valence-corrected chi connectivity index (χ3v) is 4.63. The van der Waals surface area contributed by atoms with Crippen molar-refractivity contribution in [2.24, 2.45) is 5.41 Å². The third-order valence-electron chi connectivity index (χ3n) is 3.50. The summed E-state index contributed by atoms with van der Waals surface area (Å²) < 4.78 is 28.3. The minimum Gasteiger partial charge on any atom is -0.465 e. The summed E-state index contributed by atoms with van der Waals surface area (Å²) in [5, 5.41) is 3.38. The Balaban J connectivity index is 1.88. The van der Waals surface area contributed by atoms with Crippen molar-refractivity contribution >= 4 is 9.84 Å². The standard InChI is InChI=1S/C13H21NO3S/c1-10-4-5-12(17-10)11(2)14-8-13(6-7-13)9-18(3,15)16/h4-5,11,14H,6-9H2,1-3H3/t11-/m1/s1.